The number of aliphatic hydroxyl groups is 1. The van der Waals surface area contributed by atoms with E-state index in [1.165, 1.54) is 7.94 Å². The maximum absolute atomic E-state index is 13.0. The Kier molecular flexibility index (Phi) is 14.5. The first-order chi connectivity index (χ1) is 27.3. The van der Waals surface area contributed by atoms with Crippen LogP contribution in [-0.4, -0.2) is 53.7 Å². The predicted molar refractivity (Wildman–Crippen MR) is 234 cm³/mol. The van der Waals surface area contributed by atoms with Gasteiger partial charge in [0.1, 0.15) is 0 Å². The smallest absolute Gasteiger partial charge is 0.423 e. The Hall–Kier alpha value is -5.28. The molecule has 13 heteroatoms. The van der Waals surface area contributed by atoms with Crippen molar-refractivity contribution in [3.8, 4) is 11.1 Å². The first-order valence-electron chi connectivity index (χ1n) is 17.9. The van der Waals surface area contributed by atoms with E-state index < -0.39 is 27.2 Å². The van der Waals surface area contributed by atoms with Gasteiger partial charge in [0.15, 0.2) is 0 Å². The molecule has 0 atom stereocenters. The highest BCUT2D eigenvalue weighted by atomic mass is 79.9. The largest absolute Gasteiger partial charge is 0.488 e. The summed E-state index contributed by atoms with van der Waals surface area (Å²) in [5.41, 5.74) is 5.49. The van der Waals surface area contributed by atoms with Crippen LogP contribution in [0.25, 0.3) is 32.9 Å². The first kappa shape index (κ1) is 42.9. The molecule has 0 fully saturated rings. The molecular formula is C44H42BBrN2O7S2. The molecule has 0 spiro atoms. The number of fused-ring (bicyclic) bond motifs is 2. The SMILES string of the molecule is CCO.Cc1cc2cc(-c3ccccc3)ccc2n1S(=O)(=O)c1ccccc1.Cc1cc2cc(Br)ccc2n1S(=O)(=O)c1ccccc1.OB(O)c1ccccc1. The quantitative estimate of drug-likeness (QED) is 0.144. The van der Waals surface area contributed by atoms with Crippen LogP contribution in [-0.2, 0) is 20.0 Å². The van der Waals surface area contributed by atoms with Gasteiger partial charge < -0.3 is 15.2 Å². The molecule has 0 saturated heterocycles. The highest BCUT2D eigenvalue weighted by Gasteiger charge is 2.22. The zero-order valence-electron chi connectivity index (χ0n) is 31.5. The summed E-state index contributed by atoms with van der Waals surface area (Å²) in [6.07, 6.45) is 0. The molecule has 8 aromatic rings. The second kappa shape index (κ2) is 19.2. The fraction of sp³-hybridized carbons (Fsp3) is 0.0909. The molecule has 6 aromatic carbocycles. The standard InChI is InChI=1S/C21H17NO2S.C15H12BrNO2S.C6H7BO2.C2H6O/c1-16-14-19-15-18(17-8-4-2-5-9-17)12-13-21(19)22(16)25(23,24)20-10-6-3-7-11-20;1-11-9-12-10-13(16)7-8-15(12)17(11)20(18,19)14-5-3-2-4-6-14;8-7(9)6-4-2-1-3-5-6;1-2-3/h2-15H,1H3;2-10H,1H3;1-5,8-9H;3H,2H2,1H3. The van der Waals surface area contributed by atoms with E-state index >= 15 is 0 Å². The van der Waals surface area contributed by atoms with Gasteiger partial charge in [-0.05, 0) is 104 Å². The Morgan fingerprint density at radius 3 is 1.33 bits per heavy atom. The zero-order valence-corrected chi connectivity index (χ0v) is 34.7. The van der Waals surface area contributed by atoms with Crippen molar-refractivity contribution in [2.45, 2.75) is 30.6 Å². The molecule has 0 radical (unpaired) electrons. The summed E-state index contributed by atoms with van der Waals surface area (Å²) in [5, 5.41) is 26.5. The highest BCUT2D eigenvalue weighted by molar-refractivity contribution is 9.10. The zero-order chi connectivity index (χ0) is 41.2. The minimum Gasteiger partial charge on any atom is -0.423 e. The van der Waals surface area contributed by atoms with Crippen LogP contribution >= 0.6 is 15.9 Å². The van der Waals surface area contributed by atoms with Crippen LogP contribution in [0.3, 0.4) is 0 Å². The monoisotopic (exact) mass is 864 g/mol. The predicted octanol–water partition coefficient (Wildman–Crippen LogP) is 8.17. The molecule has 8 rings (SSSR count). The van der Waals surface area contributed by atoms with Gasteiger partial charge in [-0.2, -0.15) is 0 Å². The third-order valence-corrected chi connectivity index (χ3v) is 12.8. The maximum atomic E-state index is 13.0. The fourth-order valence-electron chi connectivity index (χ4n) is 6.10. The molecule has 2 aromatic heterocycles. The van der Waals surface area contributed by atoms with Gasteiger partial charge in [0.2, 0.25) is 0 Å². The fourth-order valence-corrected chi connectivity index (χ4v) is 9.61. The van der Waals surface area contributed by atoms with E-state index in [1.54, 1.807) is 92.7 Å². The molecule has 292 valence electrons. The number of hydrogen-bond acceptors (Lipinski definition) is 7. The summed E-state index contributed by atoms with van der Waals surface area (Å²) >= 11 is 3.40. The van der Waals surface area contributed by atoms with Crippen LogP contribution in [0.5, 0.6) is 0 Å². The molecule has 0 bridgehead atoms. The van der Waals surface area contributed by atoms with E-state index in [-0.39, 0.29) is 6.61 Å². The summed E-state index contributed by atoms with van der Waals surface area (Å²) < 4.78 is 55.4. The lowest BCUT2D eigenvalue weighted by Crippen LogP contribution is -2.29. The normalized spacial score (nSPS) is 11.1. The third-order valence-electron chi connectivity index (χ3n) is 8.59. The molecule has 3 N–H and O–H groups in total. The molecule has 0 aliphatic carbocycles. The van der Waals surface area contributed by atoms with E-state index in [4.69, 9.17) is 15.2 Å². The number of rotatable bonds is 6. The topological polar surface area (TPSA) is 139 Å². The van der Waals surface area contributed by atoms with Crippen molar-refractivity contribution < 1.29 is 32.0 Å². The van der Waals surface area contributed by atoms with Crippen LogP contribution in [0.2, 0.25) is 0 Å². The van der Waals surface area contributed by atoms with Gasteiger partial charge in [0, 0.05) is 33.2 Å². The summed E-state index contributed by atoms with van der Waals surface area (Å²) in [6.45, 7) is 5.55. The van der Waals surface area contributed by atoms with Crippen LogP contribution in [0.4, 0.5) is 0 Å². The van der Waals surface area contributed by atoms with Gasteiger partial charge in [-0.15, -0.1) is 0 Å². The van der Waals surface area contributed by atoms with Gasteiger partial charge in [0.25, 0.3) is 20.0 Å². The number of nitrogens with zero attached hydrogens (tertiary/aromatic N) is 2. The van der Waals surface area contributed by atoms with E-state index in [1.807, 2.05) is 97.9 Å². The lowest BCUT2D eigenvalue weighted by Gasteiger charge is -2.10. The second-order valence-corrected chi connectivity index (χ2v) is 17.2. The van der Waals surface area contributed by atoms with Crippen LogP contribution in [0.15, 0.2) is 184 Å². The summed E-state index contributed by atoms with van der Waals surface area (Å²) in [6, 6.07) is 51.0. The van der Waals surface area contributed by atoms with Crippen molar-refractivity contribution in [1.29, 1.82) is 0 Å². The Labute approximate surface area is 342 Å². The van der Waals surface area contributed by atoms with Gasteiger partial charge in [-0.3, -0.25) is 0 Å². The van der Waals surface area contributed by atoms with Crippen molar-refractivity contribution >= 4 is 70.4 Å². The lowest BCUT2D eigenvalue weighted by atomic mass is 9.81. The lowest BCUT2D eigenvalue weighted by molar-refractivity contribution is 0.318. The summed E-state index contributed by atoms with van der Waals surface area (Å²) in [5.74, 6) is 0. The molecular weight excluding hydrogens is 823 g/mol. The van der Waals surface area contributed by atoms with Crippen LogP contribution < -0.4 is 5.46 Å². The number of halogens is 1. The van der Waals surface area contributed by atoms with Crippen molar-refractivity contribution in [3.05, 3.63) is 186 Å². The maximum Gasteiger partial charge on any atom is 0.488 e. The van der Waals surface area contributed by atoms with E-state index in [0.717, 1.165) is 26.4 Å². The van der Waals surface area contributed by atoms with Crippen LogP contribution in [0.1, 0.15) is 18.3 Å². The van der Waals surface area contributed by atoms with Gasteiger partial charge >= 0.3 is 7.12 Å². The Bertz CT molecular complexity index is 2760. The summed E-state index contributed by atoms with van der Waals surface area (Å²) in [4.78, 5) is 0.589. The van der Waals surface area contributed by atoms with E-state index in [9.17, 15) is 16.8 Å². The third kappa shape index (κ3) is 10.2. The average Bonchev–Trinajstić information content (AvgIpc) is 3.74. The van der Waals surface area contributed by atoms with E-state index in [0.29, 0.717) is 37.7 Å². The first-order valence-corrected chi connectivity index (χ1v) is 21.5. The Morgan fingerprint density at radius 1 is 0.526 bits per heavy atom. The number of aromatic nitrogens is 2. The Balaban J connectivity index is 0.000000172. The molecule has 0 saturated carbocycles. The Morgan fingerprint density at radius 2 is 0.912 bits per heavy atom. The highest BCUT2D eigenvalue weighted by Crippen LogP contribution is 2.30. The minimum atomic E-state index is -3.61. The molecule has 0 unspecified atom stereocenters. The molecule has 0 aliphatic rings. The molecule has 2 heterocycles. The minimum absolute atomic E-state index is 0.250. The summed E-state index contributed by atoms with van der Waals surface area (Å²) in [7, 11) is -8.52. The number of hydrogen-bond donors (Lipinski definition) is 3. The van der Waals surface area contributed by atoms with Gasteiger partial charge in [-0.1, -0.05) is 119 Å². The van der Waals surface area contributed by atoms with Crippen molar-refractivity contribution in [2.75, 3.05) is 6.61 Å². The number of aliphatic hydroxyl groups excluding tert-OH is 1. The number of aryl methyl sites for hydroxylation is 2. The number of benzene rings is 6. The second-order valence-electron chi connectivity index (χ2n) is 12.7. The van der Waals surface area contributed by atoms with Crippen LogP contribution in [0, 0.1) is 13.8 Å². The van der Waals surface area contributed by atoms with Crippen molar-refractivity contribution in [1.82, 2.24) is 7.94 Å². The molecule has 57 heavy (non-hydrogen) atoms. The molecule has 9 nitrogen and oxygen atoms in total. The van der Waals surface area contributed by atoms with Gasteiger partial charge in [0.05, 0.1) is 20.8 Å². The van der Waals surface area contributed by atoms with Gasteiger partial charge in [-0.25, -0.2) is 24.8 Å². The van der Waals surface area contributed by atoms with E-state index in [2.05, 4.69) is 15.9 Å². The van der Waals surface area contributed by atoms with Crippen molar-refractivity contribution in [3.63, 3.8) is 0 Å². The average molecular weight is 866 g/mol. The molecule has 0 aliphatic heterocycles. The molecule has 0 amide bonds. The van der Waals surface area contributed by atoms with Crippen molar-refractivity contribution in [2.24, 2.45) is 0 Å².